The molecule has 160 valence electrons. The van der Waals surface area contributed by atoms with Crippen molar-refractivity contribution in [3.8, 4) is 11.3 Å². The molecule has 0 radical (unpaired) electrons. The molecule has 1 atom stereocenters. The quantitative estimate of drug-likeness (QED) is 0.592. The van der Waals surface area contributed by atoms with Gasteiger partial charge in [0.15, 0.2) is 0 Å². The highest BCUT2D eigenvalue weighted by atomic mass is 35.5. The Hall–Kier alpha value is -2.83. The molecule has 1 fully saturated rings. The summed E-state index contributed by atoms with van der Waals surface area (Å²) in [6, 6.07) is 17.6. The maximum absolute atomic E-state index is 13.1. The Morgan fingerprint density at radius 1 is 0.935 bits per heavy atom. The summed E-state index contributed by atoms with van der Waals surface area (Å²) in [5.41, 5.74) is 2.11. The van der Waals surface area contributed by atoms with E-state index in [1.165, 1.54) is 10.7 Å². The van der Waals surface area contributed by atoms with Crippen LogP contribution in [0.3, 0.4) is 0 Å². The van der Waals surface area contributed by atoms with Crippen LogP contribution in [0.25, 0.3) is 11.3 Å². The number of piperazine rings is 1. The second-order valence-corrected chi connectivity index (χ2v) is 8.21. The number of halogens is 2. The van der Waals surface area contributed by atoms with Crippen molar-refractivity contribution in [3.63, 3.8) is 0 Å². The highest BCUT2D eigenvalue weighted by Gasteiger charge is 2.28. The van der Waals surface area contributed by atoms with Gasteiger partial charge in [-0.2, -0.15) is 5.10 Å². The summed E-state index contributed by atoms with van der Waals surface area (Å²) in [6.45, 7) is 4.03. The number of hydrogen-bond acceptors (Lipinski definition) is 4. The molecule has 1 saturated heterocycles. The molecule has 0 saturated carbocycles. The summed E-state index contributed by atoms with van der Waals surface area (Å²) in [6.07, 6.45) is 0. The fourth-order valence-corrected chi connectivity index (χ4v) is 4.15. The second-order valence-electron chi connectivity index (χ2n) is 7.43. The topological polar surface area (TPSA) is 58.4 Å². The van der Waals surface area contributed by atoms with E-state index in [1.807, 2.05) is 42.5 Å². The van der Waals surface area contributed by atoms with Crippen LogP contribution in [0.5, 0.6) is 0 Å². The molecule has 31 heavy (non-hydrogen) atoms. The average Bonchev–Trinajstić information content (AvgIpc) is 2.81. The van der Waals surface area contributed by atoms with Crippen LogP contribution < -0.4 is 10.5 Å². The number of hydrogen-bond donors (Lipinski definition) is 0. The van der Waals surface area contributed by atoms with E-state index in [0.717, 1.165) is 11.3 Å². The van der Waals surface area contributed by atoms with Gasteiger partial charge in [-0.15, -0.1) is 0 Å². The van der Waals surface area contributed by atoms with E-state index in [4.69, 9.17) is 23.2 Å². The molecule has 0 aliphatic carbocycles. The van der Waals surface area contributed by atoms with Crippen LogP contribution in [-0.2, 0) is 4.79 Å². The minimum Gasteiger partial charge on any atom is -0.367 e. The second kappa shape index (κ2) is 9.12. The van der Waals surface area contributed by atoms with Crippen LogP contribution in [0, 0.1) is 0 Å². The maximum atomic E-state index is 13.1. The molecule has 2 heterocycles. The summed E-state index contributed by atoms with van der Waals surface area (Å²) >= 11 is 12.5. The molecule has 1 aliphatic heterocycles. The van der Waals surface area contributed by atoms with Crippen molar-refractivity contribution in [1.29, 1.82) is 0 Å². The third kappa shape index (κ3) is 4.45. The van der Waals surface area contributed by atoms with Gasteiger partial charge in [-0.1, -0.05) is 59.6 Å². The molecule has 0 spiro atoms. The molecule has 0 bridgehead atoms. The number of nitrogens with zero attached hydrogens (tertiary/aromatic N) is 4. The number of carbonyl (C=O) groups is 1. The Morgan fingerprint density at radius 3 is 2.35 bits per heavy atom. The van der Waals surface area contributed by atoms with Gasteiger partial charge < -0.3 is 9.80 Å². The van der Waals surface area contributed by atoms with E-state index in [2.05, 4.69) is 10.00 Å². The number of anilines is 1. The lowest BCUT2D eigenvalue weighted by Crippen LogP contribution is -2.51. The van der Waals surface area contributed by atoms with Crippen molar-refractivity contribution in [2.75, 3.05) is 31.1 Å². The zero-order valence-electron chi connectivity index (χ0n) is 17.0. The Kier molecular flexibility index (Phi) is 6.30. The highest BCUT2D eigenvalue weighted by molar-refractivity contribution is 6.43. The number of benzene rings is 2. The van der Waals surface area contributed by atoms with Crippen LogP contribution in [0.4, 0.5) is 5.69 Å². The van der Waals surface area contributed by atoms with Crippen LogP contribution >= 0.6 is 23.2 Å². The highest BCUT2D eigenvalue weighted by Crippen LogP contribution is 2.33. The van der Waals surface area contributed by atoms with E-state index in [0.29, 0.717) is 41.9 Å². The summed E-state index contributed by atoms with van der Waals surface area (Å²) in [7, 11) is 0. The smallest absolute Gasteiger partial charge is 0.267 e. The summed E-state index contributed by atoms with van der Waals surface area (Å²) in [5, 5.41) is 5.48. The van der Waals surface area contributed by atoms with Gasteiger partial charge in [0, 0.05) is 37.8 Å². The molecule has 1 amide bonds. The lowest BCUT2D eigenvalue weighted by molar-refractivity contribution is -0.135. The standard InChI is InChI=1S/C23H22Cl2N4O2/c1-16(29-21(30)11-10-19(26-29)17-6-3-2-4-7-17)23(31)28-14-12-27(13-15-28)20-9-5-8-18(24)22(20)25/h2-11,16H,12-15H2,1H3. The first-order chi connectivity index (χ1) is 15.0. The summed E-state index contributed by atoms with van der Waals surface area (Å²) in [5.74, 6) is -0.128. The summed E-state index contributed by atoms with van der Waals surface area (Å²) < 4.78 is 1.27. The first-order valence-electron chi connectivity index (χ1n) is 10.1. The zero-order chi connectivity index (χ0) is 22.0. The summed E-state index contributed by atoms with van der Waals surface area (Å²) in [4.78, 5) is 29.4. The monoisotopic (exact) mass is 456 g/mol. The van der Waals surface area contributed by atoms with E-state index < -0.39 is 6.04 Å². The predicted molar refractivity (Wildman–Crippen MR) is 124 cm³/mol. The number of carbonyl (C=O) groups excluding carboxylic acids is 1. The Labute approximate surface area is 190 Å². The largest absolute Gasteiger partial charge is 0.367 e. The van der Waals surface area contributed by atoms with Gasteiger partial charge in [0.1, 0.15) is 6.04 Å². The van der Waals surface area contributed by atoms with E-state index in [-0.39, 0.29) is 11.5 Å². The Morgan fingerprint density at radius 2 is 1.65 bits per heavy atom. The van der Waals surface area contributed by atoms with E-state index in [9.17, 15) is 9.59 Å². The predicted octanol–water partition coefficient (Wildman–Crippen LogP) is 4.13. The lowest BCUT2D eigenvalue weighted by Gasteiger charge is -2.37. The van der Waals surface area contributed by atoms with Gasteiger partial charge in [0.05, 0.1) is 21.4 Å². The normalized spacial score (nSPS) is 15.1. The van der Waals surface area contributed by atoms with Crippen molar-refractivity contribution in [2.45, 2.75) is 13.0 Å². The van der Waals surface area contributed by atoms with Crippen molar-refractivity contribution >= 4 is 34.8 Å². The first-order valence-corrected chi connectivity index (χ1v) is 10.8. The van der Waals surface area contributed by atoms with Gasteiger partial charge in [0.25, 0.3) is 5.56 Å². The Balaban J connectivity index is 1.48. The van der Waals surface area contributed by atoms with E-state index >= 15 is 0 Å². The van der Waals surface area contributed by atoms with Crippen LogP contribution in [0.2, 0.25) is 10.0 Å². The fraction of sp³-hybridized carbons (Fsp3) is 0.261. The fourth-order valence-electron chi connectivity index (χ4n) is 3.74. The van der Waals surface area contributed by atoms with Crippen LogP contribution in [0.15, 0.2) is 65.5 Å². The van der Waals surface area contributed by atoms with Gasteiger partial charge in [-0.05, 0) is 25.1 Å². The van der Waals surface area contributed by atoms with Gasteiger partial charge in [-0.25, -0.2) is 4.68 Å². The molecule has 1 unspecified atom stereocenters. The van der Waals surface area contributed by atoms with Crippen molar-refractivity contribution in [2.24, 2.45) is 0 Å². The number of aromatic nitrogens is 2. The average molecular weight is 457 g/mol. The lowest BCUT2D eigenvalue weighted by atomic mass is 10.1. The zero-order valence-corrected chi connectivity index (χ0v) is 18.6. The van der Waals surface area contributed by atoms with Crippen molar-refractivity contribution in [3.05, 3.63) is 81.1 Å². The van der Waals surface area contributed by atoms with Crippen LogP contribution in [-0.4, -0.2) is 46.8 Å². The molecular formula is C23H22Cl2N4O2. The molecular weight excluding hydrogens is 435 g/mol. The third-order valence-corrected chi connectivity index (χ3v) is 6.29. The van der Waals surface area contributed by atoms with Gasteiger partial charge >= 0.3 is 0 Å². The van der Waals surface area contributed by atoms with Crippen molar-refractivity contribution < 1.29 is 4.79 Å². The molecule has 1 aromatic heterocycles. The molecule has 4 rings (SSSR count). The number of rotatable bonds is 4. The van der Waals surface area contributed by atoms with Crippen LogP contribution in [0.1, 0.15) is 13.0 Å². The molecule has 3 aromatic rings. The third-order valence-electron chi connectivity index (χ3n) is 5.48. The molecule has 2 aromatic carbocycles. The Bertz CT molecular complexity index is 1140. The number of amides is 1. The van der Waals surface area contributed by atoms with Gasteiger partial charge in [0.2, 0.25) is 5.91 Å². The van der Waals surface area contributed by atoms with Gasteiger partial charge in [-0.3, -0.25) is 9.59 Å². The SMILES string of the molecule is CC(C(=O)N1CCN(c2cccc(Cl)c2Cl)CC1)n1nc(-c2ccccc2)ccc1=O. The molecule has 6 nitrogen and oxygen atoms in total. The molecule has 8 heteroatoms. The molecule has 0 N–H and O–H groups in total. The van der Waals surface area contributed by atoms with Crippen molar-refractivity contribution in [1.82, 2.24) is 14.7 Å². The molecule has 1 aliphatic rings. The van der Waals surface area contributed by atoms with E-state index in [1.54, 1.807) is 24.0 Å². The maximum Gasteiger partial charge on any atom is 0.267 e. The first kappa shape index (κ1) is 21.4. The minimum atomic E-state index is -0.697. The minimum absolute atomic E-state index is 0.128.